The predicted octanol–water partition coefficient (Wildman–Crippen LogP) is 3.78. The van der Waals surface area contributed by atoms with Crippen molar-refractivity contribution in [3.63, 3.8) is 0 Å². The molecule has 0 fully saturated rings. The minimum Gasteiger partial charge on any atom is -0.348 e. The molecule has 1 aromatic heterocycles. The molecule has 110 valence electrons. The highest BCUT2D eigenvalue weighted by Gasteiger charge is 2.07. The molecule has 0 bridgehead atoms. The third-order valence-electron chi connectivity index (χ3n) is 3.76. The first-order valence-electron chi connectivity index (χ1n) is 7.32. The van der Waals surface area contributed by atoms with Gasteiger partial charge >= 0.3 is 0 Å². The van der Waals surface area contributed by atoms with Crippen molar-refractivity contribution in [1.29, 1.82) is 0 Å². The van der Waals surface area contributed by atoms with Crippen LogP contribution in [0.3, 0.4) is 0 Å². The van der Waals surface area contributed by atoms with Gasteiger partial charge in [-0.05, 0) is 43.0 Å². The summed E-state index contributed by atoms with van der Waals surface area (Å²) in [6.07, 6.45) is 1.77. The van der Waals surface area contributed by atoms with E-state index in [1.54, 1.807) is 6.20 Å². The standard InChI is InChI=1S/C19H18N2O/c1-13-4-3-5-15(10-13)12-21-19(22)17-6-7-18-14(2)20-9-8-16(18)11-17/h3-11H,12H2,1-2H3,(H,21,22). The van der Waals surface area contributed by atoms with Gasteiger partial charge in [0, 0.05) is 29.4 Å². The highest BCUT2D eigenvalue weighted by Crippen LogP contribution is 2.18. The normalized spacial score (nSPS) is 10.6. The molecule has 0 spiro atoms. The molecule has 0 radical (unpaired) electrons. The minimum absolute atomic E-state index is 0.0575. The average Bonchev–Trinajstić information content (AvgIpc) is 2.52. The lowest BCUT2D eigenvalue weighted by Gasteiger charge is -2.08. The summed E-state index contributed by atoms with van der Waals surface area (Å²) < 4.78 is 0. The van der Waals surface area contributed by atoms with Gasteiger partial charge in [-0.1, -0.05) is 35.9 Å². The maximum absolute atomic E-state index is 12.3. The fraction of sp³-hybridized carbons (Fsp3) is 0.158. The maximum Gasteiger partial charge on any atom is 0.251 e. The first kappa shape index (κ1) is 14.3. The fourth-order valence-electron chi connectivity index (χ4n) is 2.58. The van der Waals surface area contributed by atoms with Crippen molar-refractivity contribution in [2.24, 2.45) is 0 Å². The minimum atomic E-state index is -0.0575. The van der Waals surface area contributed by atoms with Crippen LogP contribution in [0.1, 0.15) is 27.2 Å². The molecule has 1 amide bonds. The number of carbonyl (C=O) groups excluding carboxylic acids is 1. The second kappa shape index (κ2) is 5.98. The fourth-order valence-corrected chi connectivity index (χ4v) is 2.58. The van der Waals surface area contributed by atoms with E-state index in [9.17, 15) is 4.79 Å². The Labute approximate surface area is 130 Å². The van der Waals surface area contributed by atoms with Crippen molar-refractivity contribution in [1.82, 2.24) is 10.3 Å². The highest BCUT2D eigenvalue weighted by molar-refractivity contribution is 5.98. The number of benzene rings is 2. The van der Waals surface area contributed by atoms with Gasteiger partial charge in [0.1, 0.15) is 0 Å². The van der Waals surface area contributed by atoms with E-state index in [1.165, 1.54) is 5.56 Å². The molecule has 0 atom stereocenters. The van der Waals surface area contributed by atoms with Crippen LogP contribution in [-0.2, 0) is 6.54 Å². The molecule has 3 nitrogen and oxygen atoms in total. The van der Waals surface area contributed by atoms with Gasteiger partial charge in [0.05, 0.1) is 0 Å². The largest absolute Gasteiger partial charge is 0.348 e. The Hall–Kier alpha value is -2.68. The molecule has 0 unspecified atom stereocenters. The molecule has 1 N–H and O–H groups in total. The molecule has 0 saturated carbocycles. The van der Waals surface area contributed by atoms with Crippen molar-refractivity contribution < 1.29 is 4.79 Å². The van der Waals surface area contributed by atoms with Gasteiger partial charge in [0.2, 0.25) is 0 Å². The van der Waals surface area contributed by atoms with Crippen LogP contribution in [0, 0.1) is 13.8 Å². The Bertz CT molecular complexity index is 840. The first-order chi connectivity index (χ1) is 10.6. The third kappa shape index (κ3) is 2.98. The Kier molecular flexibility index (Phi) is 3.88. The molecule has 3 aromatic rings. The van der Waals surface area contributed by atoms with Gasteiger partial charge < -0.3 is 5.32 Å². The molecular formula is C19H18N2O. The average molecular weight is 290 g/mol. The van der Waals surface area contributed by atoms with Crippen molar-refractivity contribution in [3.8, 4) is 0 Å². The molecule has 1 heterocycles. The van der Waals surface area contributed by atoms with Crippen LogP contribution in [0.15, 0.2) is 54.7 Å². The molecule has 0 aliphatic rings. The number of nitrogens with zero attached hydrogens (tertiary/aromatic N) is 1. The van der Waals surface area contributed by atoms with Crippen LogP contribution in [0.2, 0.25) is 0 Å². The number of amides is 1. The summed E-state index contributed by atoms with van der Waals surface area (Å²) in [5.74, 6) is -0.0575. The van der Waals surface area contributed by atoms with Gasteiger partial charge in [0.15, 0.2) is 0 Å². The number of pyridine rings is 1. The van der Waals surface area contributed by atoms with Crippen molar-refractivity contribution in [2.75, 3.05) is 0 Å². The van der Waals surface area contributed by atoms with Gasteiger partial charge in [-0.2, -0.15) is 0 Å². The van der Waals surface area contributed by atoms with E-state index >= 15 is 0 Å². The number of aromatic nitrogens is 1. The quantitative estimate of drug-likeness (QED) is 0.797. The lowest BCUT2D eigenvalue weighted by molar-refractivity contribution is 0.0951. The topological polar surface area (TPSA) is 42.0 Å². The lowest BCUT2D eigenvalue weighted by atomic mass is 10.1. The van der Waals surface area contributed by atoms with Gasteiger partial charge in [-0.25, -0.2) is 0 Å². The van der Waals surface area contributed by atoms with Crippen LogP contribution in [0.25, 0.3) is 10.8 Å². The van der Waals surface area contributed by atoms with E-state index in [-0.39, 0.29) is 5.91 Å². The molecule has 2 aromatic carbocycles. The third-order valence-corrected chi connectivity index (χ3v) is 3.76. The molecule has 3 heteroatoms. The summed E-state index contributed by atoms with van der Waals surface area (Å²) in [6.45, 7) is 4.55. The second-order valence-corrected chi connectivity index (χ2v) is 5.50. The maximum atomic E-state index is 12.3. The van der Waals surface area contributed by atoms with E-state index in [0.717, 1.165) is 22.0 Å². The Morgan fingerprint density at radius 2 is 1.95 bits per heavy atom. The molecule has 22 heavy (non-hydrogen) atoms. The van der Waals surface area contributed by atoms with Crippen LogP contribution in [-0.4, -0.2) is 10.9 Å². The van der Waals surface area contributed by atoms with E-state index in [0.29, 0.717) is 12.1 Å². The Morgan fingerprint density at radius 3 is 2.77 bits per heavy atom. The van der Waals surface area contributed by atoms with E-state index in [1.807, 2.05) is 56.3 Å². The number of hydrogen-bond donors (Lipinski definition) is 1. The van der Waals surface area contributed by atoms with Crippen molar-refractivity contribution in [2.45, 2.75) is 20.4 Å². The highest BCUT2D eigenvalue weighted by atomic mass is 16.1. The number of nitrogens with one attached hydrogen (secondary N) is 1. The zero-order valence-electron chi connectivity index (χ0n) is 12.8. The molecule has 0 aliphatic heterocycles. The second-order valence-electron chi connectivity index (χ2n) is 5.50. The molecule has 0 aliphatic carbocycles. The summed E-state index contributed by atoms with van der Waals surface area (Å²) in [5, 5.41) is 5.09. The van der Waals surface area contributed by atoms with Crippen molar-refractivity contribution >= 4 is 16.7 Å². The number of rotatable bonds is 3. The van der Waals surface area contributed by atoms with Crippen LogP contribution in [0.4, 0.5) is 0 Å². The summed E-state index contributed by atoms with van der Waals surface area (Å²) in [6, 6.07) is 15.8. The Morgan fingerprint density at radius 1 is 1.09 bits per heavy atom. The van der Waals surface area contributed by atoms with E-state index in [2.05, 4.69) is 16.4 Å². The van der Waals surface area contributed by atoms with Crippen LogP contribution >= 0.6 is 0 Å². The lowest BCUT2D eigenvalue weighted by Crippen LogP contribution is -2.22. The number of aryl methyl sites for hydroxylation is 2. The van der Waals surface area contributed by atoms with Gasteiger partial charge in [0.25, 0.3) is 5.91 Å². The molecule has 0 saturated heterocycles. The van der Waals surface area contributed by atoms with Crippen LogP contribution in [0.5, 0.6) is 0 Å². The summed E-state index contributed by atoms with van der Waals surface area (Å²) in [4.78, 5) is 16.6. The predicted molar refractivity (Wildman–Crippen MR) is 88.8 cm³/mol. The summed E-state index contributed by atoms with van der Waals surface area (Å²) in [7, 11) is 0. The van der Waals surface area contributed by atoms with Crippen molar-refractivity contribution in [3.05, 3.63) is 77.1 Å². The van der Waals surface area contributed by atoms with Gasteiger partial charge in [-0.3, -0.25) is 9.78 Å². The Balaban J connectivity index is 1.77. The summed E-state index contributed by atoms with van der Waals surface area (Å²) in [5.41, 5.74) is 3.95. The van der Waals surface area contributed by atoms with E-state index in [4.69, 9.17) is 0 Å². The summed E-state index contributed by atoms with van der Waals surface area (Å²) >= 11 is 0. The zero-order chi connectivity index (χ0) is 15.5. The molecule has 3 rings (SSSR count). The first-order valence-corrected chi connectivity index (χ1v) is 7.32. The van der Waals surface area contributed by atoms with Crippen LogP contribution < -0.4 is 5.32 Å². The zero-order valence-corrected chi connectivity index (χ0v) is 12.8. The smallest absolute Gasteiger partial charge is 0.251 e. The molecular weight excluding hydrogens is 272 g/mol. The number of hydrogen-bond acceptors (Lipinski definition) is 2. The monoisotopic (exact) mass is 290 g/mol. The number of carbonyl (C=O) groups is 1. The van der Waals surface area contributed by atoms with E-state index < -0.39 is 0 Å². The SMILES string of the molecule is Cc1cccc(CNC(=O)c2ccc3c(C)nccc3c2)c1. The number of fused-ring (bicyclic) bond motifs is 1. The van der Waals surface area contributed by atoms with Gasteiger partial charge in [-0.15, -0.1) is 0 Å².